The van der Waals surface area contributed by atoms with Crippen LogP contribution in [-0.2, 0) is 21.4 Å². The first kappa shape index (κ1) is 18.8. The summed E-state index contributed by atoms with van der Waals surface area (Å²) in [5.74, 6) is -0.0243. The number of nitrogens with zero attached hydrogens (tertiary/aromatic N) is 3. The van der Waals surface area contributed by atoms with Gasteiger partial charge in [-0.05, 0) is 35.9 Å². The van der Waals surface area contributed by atoms with E-state index in [-0.39, 0.29) is 16.8 Å². The fourth-order valence-corrected chi connectivity index (χ4v) is 3.50. The number of carbonyl (C=O) groups is 1. The SMILES string of the molecule is CC(=O)Nc1ccc(S(=O)(=O)NC2=NCN(Cc3cccnc3)CN2)cc1. The molecular weight excluding hydrogens is 368 g/mol. The van der Waals surface area contributed by atoms with Crippen LogP contribution in [0.1, 0.15) is 12.5 Å². The summed E-state index contributed by atoms with van der Waals surface area (Å²) < 4.78 is 27.4. The molecule has 3 N–H and O–H groups in total. The fourth-order valence-electron chi connectivity index (χ4n) is 2.49. The van der Waals surface area contributed by atoms with Crippen molar-refractivity contribution in [3.05, 3.63) is 54.4 Å². The first-order valence-corrected chi connectivity index (χ1v) is 9.71. The number of guanidine groups is 1. The molecule has 10 heteroatoms. The van der Waals surface area contributed by atoms with Gasteiger partial charge in [-0.15, -0.1) is 0 Å². The average Bonchev–Trinajstić information content (AvgIpc) is 2.64. The second-order valence-electron chi connectivity index (χ2n) is 5.98. The zero-order valence-electron chi connectivity index (χ0n) is 14.7. The number of pyridine rings is 1. The third kappa shape index (κ3) is 5.25. The third-order valence-electron chi connectivity index (χ3n) is 3.74. The van der Waals surface area contributed by atoms with Crippen molar-refractivity contribution in [1.82, 2.24) is 19.9 Å². The second kappa shape index (κ2) is 8.14. The number of sulfonamides is 1. The lowest BCUT2D eigenvalue weighted by molar-refractivity contribution is -0.114. The summed E-state index contributed by atoms with van der Waals surface area (Å²) in [6.07, 6.45) is 3.50. The highest BCUT2D eigenvalue weighted by molar-refractivity contribution is 7.90. The molecule has 9 nitrogen and oxygen atoms in total. The molecule has 1 aliphatic heterocycles. The van der Waals surface area contributed by atoms with Gasteiger partial charge in [0.25, 0.3) is 10.0 Å². The number of amides is 1. The molecule has 0 atom stereocenters. The van der Waals surface area contributed by atoms with Crippen LogP contribution in [0.3, 0.4) is 0 Å². The van der Waals surface area contributed by atoms with Crippen LogP contribution < -0.4 is 15.4 Å². The minimum absolute atomic E-state index is 0.0823. The van der Waals surface area contributed by atoms with E-state index in [0.717, 1.165) is 5.56 Å². The number of benzene rings is 1. The summed E-state index contributed by atoms with van der Waals surface area (Å²) in [5.41, 5.74) is 1.58. The summed E-state index contributed by atoms with van der Waals surface area (Å²) in [7, 11) is -3.77. The van der Waals surface area contributed by atoms with Crippen LogP contribution in [-0.4, -0.2) is 43.5 Å². The van der Waals surface area contributed by atoms with Gasteiger partial charge in [-0.25, -0.2) is 18.1 Å². The topological polar surface area (TPSA) is 116 Å². The zero-order valence-corrected chi connectivity index (χ0v) is 15.5. The van der Waals surface area contributed by atoms with Crippen molar-refractivity contribution in [1.29, 1.82) is 0 Å². The van der Waals surface area contributed by atoms with Gasteiger partial charge in [0.15, 0.2) is 0 Å². The molecule has 0 radical (unpaired) electrons. The van der Waals surface area contributed by atoms with Gasteiger partial charge in [0.1, 0.15) is 0 Å². The Morgan fingerprint density at radius 1 is 1.26 bits per heavy atom. The fraction of sp³-hybridized carbons (Fsp3) is 0.235. The Balaban J connectivity index is 1.60. The van der Waals surface area contributed by atoms with E-state index in [1.54, 1.807) is 12.4 Å². The second-order valence-corrected chi connectivity index (χ2v) is 7.67. The van der Waals surface area contributed by atoms with Gasteiger partial charge in [0, 0.05) is 31.5 Å². The largest absolute Gasteiger partial charge is 0.343 e. The lowest BCUT2D eigenvalue weighted by atomic mass is 10.3. The zero-order chi connectivity index (χ0) is 19.3. The van der Waals surface area contributed by atoms with E-state index in [0.29, 0.717) is 25.6 Å². The van der Waals surface area contributed by atoms with Crippen LogP contribution in [0.25, 0.3) is 0 Å². The normalized spacial score (nSPS) is 14.8. The molecule has 2 heterocycles. The number of hydrogen-bond acceptors (Lipinski definition) is 7. The first-order chi connectivity index (χ1) is 12.9. The molecule has 0 unspecified atom stereocenters. The molecule has 2 aromatic rings. The van der Waals surface area contributed by atoms with Crippen LogP contribution in [0.5, 0.6) is 0 Å². The molecule has 3 rings (SSSR count). The van der Waals surface area contributed by atoms with Crippen molar-refractivity contribution in [3.63, 3.8) is 0 Å². The minimum atomic E-state index is -3.77. The molecule has 1 aromatic heterocycles. The van der Waals surface area contributed by atoms with Gasteiger partial charge in [-0.3, -0.25) is 14.7 Å². The Labute approximate surface area is 157 Å². The molecule has 27 heavy (non-hydrogen) atoms. The minimum Gasteiger partial charge on any atom is -0.343 e. The third-order valence-corrected chi connectivity index (χ3v) is 5.10. The number of rotatable bonds is 5. The van der Waals surface area contributed by atoms with E-state index in [2.05, 4.69) is 25.3 Å². The van der Waals surface area contributed by atoms with Gasteiger partial charge in [0.2, 0.25) is 11.9 Å². The van der Waals surface area contributed by atoms with Crippen LogP contribution in [0, 0.1) is 0 Å². The summed E-state index contributed by atoms with van der Waals surface area (Å²) in [4.78, 5) is 21.4. The molecule has 0 spiro atoms. The maximum Gasteiger partial charge on any atom is 0.264 e. The maximum absolute atomic E-state index is 12.5. The van der Waals surface area contributed by atoms with Gasteiger partial charge < -0.3 is 10.6 Å². The van der Waals surface area contributed by atoms with Crippen molar-refractivity contribution in [3.8, 4) is 0 Å². The van der Waals surface area contributed by atoms with E-state index in [9.17, 15) is 13.2 Å². The molecule has 0 bridgehead atoms. The van der Waals surface area contributed by atoms with Gasteiger partial charge in [0.05, 0.1) is 18.2 Å². The predicted octanol–water partition coefficient (Wildman–Crippen LogP) is 0.695. The van der Waals surface area contributed by atoms with Gasteiger partial charge in [-0.2, -0.15) is 0 Å². The number of carbonyl (C=O) groups excluding carboxylic acids is 1. The molecule has 0 fully saturated rings. The number of anilines is 1. The Morgan fingerprint density at radius 3 is 2.63 bits per heavy atom. The Morgan fingerprint density at radius 2 is 2.04 bits per heavy atom. The molecule has 0 saturated heterocycles. The standard InChI is InChI=1S/C17H20N6O3S/c1-13(24)21-15-4-6-16(7-5-15)27(25,26)22-17-19-11-23(12-20-17)10-14-3-2-8-18-9-14/h2-9H,10-12H2,1H3,(H,21,24)(H2,19,20,22). The molecular formula is C17H20N6O3S. The highest BCUT2D eigenvalue weighted by atomic mass is 32.2. The molecule has 1 aliphatic rings. The van der Waals surface area contributed by atoms with Crippen molar-refractivity contribution in [2.24, 2.45) is 4.99 Å². The van der Waals surface area contributed by atoms with E-state index < -0.39 is 10.0 Å². The van der Waals surface area contributed by atoms with Crippen molar-refractivity contribution < 1.29 is 13.2 Å². The molecule has 142 valence electrons. The summed E-state index contributed by atoms with van der Waals surface area (Å²) >= 11 is 0. The van der Waals surface area contributed by atoms with Gasteiger partial charge in [-0.1, -0.05) is 6.07 Å². The summed E-state index contributed by atoms with van der Waals surface area (Å²) in [6, 6.07) is 9.74. The lowest BCUT2D eigenvalue weighted by Gasteiger charge is -2.26. The monoisotopic (exact) mass is 388 g/mol. The van der Waals surface area contributed by atoms with Crippen molar-refractivity contribution in [2.45, 2.75) is 18.4 Å². The molecule has 0 saturated carbocycles. The number of nitrogens with one attached hydrogen (secondary N) is 3. The Bertz CT molecular complexity index is 929. The smallest absolute Gasteiger partial charge is 0.264 e. The van der Waals surface area contributed by atoms with Crippen molar-refractivity contribution >= 4 is 27.6 Å². The highest BCUT2D eigenvalue weighted by Crippen LogP contribution is 2.14. The van der Waals surface area contributed by atoms with Crippen LogP contribution in [0.4, 0.5) is 5.69 Å². The summed E-state index contributed by atoms with van der Waals surface area (Å²) in [5, 5.41) is 5.55. The van der Waals surface area contributed by atoms with E-state index in [4.69, 9.17) is 0 Å². The molecule has 1 aromatic carbocycles. The Hall–Kier alpha value is -2.98. The predicted molar refractivity (Wildman–Crippen MR) is 101 cm³/mol. The number of aliphatic imine (C=N–C) groups is 1. The van der Waals surface area contributed by atoms with Crippen LogP contribution in [0.2, 0.25) is 0 Å². The van der Waals surface area contributed by atoms with Crippen molar-refractivity contribution in [2.75, 3.05) is 18.7 Å². The van der Waals surface area contributed by atoms with Crippen LogP contribution in [0.15, 0.2) is 58.7 Å². The maximum atomic E-state index is 12.5. The highest BCUT2D eigenvalue weighted by Gasteiger charge is 2.19. The number of aromatic nitrogens is 1. The molecule has 1 amide bonds. The quantitative estimate of drug-likeness (QED) is 0.694. The van der Waals surface area contributed by atoms with E-state index >= 15 is 0 Å². The number of hydrogen-bond donors (Lipinski definition) is 3. The van der Waals surface area contributed by atoms with E-state index in [1.165, 1.54) is 31.2 Å². The molecule has 0 aliphatic carbocycles. The average molecular weight is 388 g/mol. The Kier molecular flexibility index (Phi) is 5.67. The van der Waals surface area contributed by atoms with Gasteiger partial charge >= 0.3 is 0 Å². The first-order valence-electron chi connectivity index (χ1n) is 8.22. The summed E-state index contributed by atoms with van der Waals surface area (Å²) in [6.45, 7) is 2.87. The van der Waals surface area contributed by atoms with E-state index in [1.807, 2.05) is 17.0 Å². The lowest BCUT2D eigenvalue weighted by Crippen LogP contribution is -2.49. The van der Waals surface area contributed by atoms with Crippen LogP contribution >= 0.6 is 0 Å².